The normalized spacial score (nSPS) is 12.6. The average Bonchev–Trinajstić information content (AvgIpc) is 2.31. The summed E-state index contributed by atoms with van der Waals surface area (Å²) in [5.41, 5.74) is 8.30. The Bertz CT molecular complexity index is 363. The van der Waals surface area contributed by atoms with Crippen molar-refractivity contribution in [3.63, 3.8) is 0 Å². The molecule has 0 aromatic carbocycles. The molecule has 17 heavy (non-hydrogen) atoms. The minimum atomic E-state index is -1.51. The summed E-state index contributed by atoms with van der Waals surface area (Å²) < 4.78 is 8.75. The number of nitrogens with one attached hydrogen (secondary N) is 1. The van der Waals surface area contributed by atoms with Gasteiger partial charge in [0.15, 0.2) is 6.04 Å². The molecule has 0 fully saturated rings. The van der Waals surface area contributed by atoms with Gasteiger partial charge in [0, 0.05) is 11.8 Å². The second-order valence-corrected chi connectivity index (χ2v) is 2.87. The number of amides is 1. The summed E-state index contributed by atoms with van der Waals surface area (Å²) in [6.07, 6.45) is 0. The molecule has 0 heterocycles. The van der Waals surface area contributed by atoms with E-state index in [1.54, 1.807) is 0 Å². The Labute approximate surface area is 96.7 Å². The Morgan fingerprint density at radius 2 is 1.76 bits per heavy atom. The van der Waals surface area contributed by atoms with Crippen LogP contribution in [-0.2, 0) is 23.9 Å². The molecule has 2 atom stereocenters. The molecule has 0 spiro atoms. The number of carbonyl (C=O) groups excluding carboxylic acids is 3. The van der Waals surface area contributed by atoms with E-state index in [9.17, 15) is 14.4 Å². The summed E-state index contributed by atoms with van der Waals surface area (Å²) >= 11 is 0. The monoisotopic (exact) mass is 244 g/mol. The lowest BCUT2D eigenvalue weighted by molar-refractivity contribution is -0.152. The van der Waals surface area contributed by atoms with Crippen LogP contribution in [0.4, 0.5) is 0 Å². The molecule has 0 unspecified atom stereocenters. The van der Waals surface area contributed by atoms with E-state index in [4.69, 9.17) is 5.53 Å². The number of nitrogens with zero attached hydrogens (tertiary/aromatic N) is 3. The Balaban J connectivity index is 5.19. The number of hydrogen-bond acceptors (Lipinski definition) is 6. The van der Waals surface area contributed by atoms with Crippen LogP contribution in [0, 0.1) is 0 Å². The van der Waals surface area contributed by atoms with Crippen LogP contribution in [0.2, 0.25) is 0 Å². The smallest absolute Gasteiger partial charge is 0.329 e. The van der Waals surface area contributed by atoms with Crippen LogP contribution >= 0.6 is 0 Å². The Kier molecular flexibility index (Phi) is 6.12. The van der Waals surface area contributed by atoms with Crippen molar-refractivity contribution in [2.45, 2.75) is 19.0 Å². The van der Waals surface area contributed by atoms with E-state index in [-0.39, 0.29) is 0 Å². The molecule has 0 saturated heterocycles. The second-order valence-electron chi connectivity index (χ2n) is 2.87. The summed E-state index contributed by atoms with van der Waals surface area (Å²) in [4.78, 5) is 36.0. The third-order valence-corrected chi connectivity index (χ3v) is 1.75. The van der Waals surface area contributed by atoms with Crippen LogP contribution in [0.3, 0.4) is 0 Å². The van der Waals surface area contributed by atoms with Crippen molar-refractivity contribution >= 4 is 17.8 Å². The highest BCUT2D eigenvalue weighted by molar-refractivity contribution is 5.90. The maximum Gasteiger partial charge on any atom is 0.329 e. The standard InChI is InChI=1S/C8H12N4O5/c1-4(13)10-5(7(14)16-2)6(11-12-9)8(15)17-3/h5-6H,1-3H3,(H,10,13)/t5-,6+/m0/s1. The van der Waals surface area contributed by atoms with E-state index < -0.39 is 29.9 Å². The van der Waals surface area contributed by atoms with E-state index in [0.29, 0.717) is 0 Å². The van der Waals surface area contributed by atoms with Gasteiger partial charge in [0.2, 0.25) is 5.91 Å². The number of ether oxygens (including phenoxy) is 2. The summed E-state index contributed by atoms with van der Waals surface area (Å²) in [6, 6.07) is -2.93. The van der Waals surface area contributed by atoms with Crippen molar-refractivity contribution in [1.82, 2.24) is 5.32 Å². The minimum absolute atomic E-state index is 0.581. The maximum absolute atomic E-state index is 11.4. The van der Waals surface area contributed by atoms with Crippen molar-refractivity contribution in [2.75, 3.05) is 14.2 Å². The Hall–Kier alpha value is -2.28. The predicted molar refractivity (Wildman–Crippen MR) is 54.6 cm³/mol. The largest absolute Gasteiger partial charge is 0.469 e. The molecule has 0 aliphatic carbocycles. The van der Waals surface area contributed by atoms with Gasteiger partial charge in [-0.25, -0.2) is 4.79 Å². The maximum atomic E-state index is 11.4. The van der Waals surface area contributed by atoms with Gasteiger partial charge >= 0.3 is 11.9 Å². The van der Waals surface area contributed by atoms with Gasteiger partial charge < -0.3 is 14.8 Å². The summed E-state index contributed by atoms with van der Waals surface area (Å²) in [7, 11) is 2.13. The van der Waals surface area contributed by atoms with Gasteiger partial charge in [-0.2, -0.15) is 0 Å². The third-order valence-electron chi connectivity index (χ3n) is 1.75. The molecule has 94 valence electrons. The van der Waals surface area contributed by atoms with Gasteiger partial charge in [-0.1, -0.05) is 5.11 Å². The zero-order chi connectivity index (χ0) is 13.4. The van der Waals surface area contributed by atoms with E-state index in [0.717, 1.165) is 21.1 Å². The molecule has 0 rings (SSSR count). The lowest BCUT2D eigenvalue weighted by Gasteiger charge is -2.19. The topological polar surface area (TPSA) is 130 Å². The van der Waals surface area contributed by atoms with Crippen LogP contribution in [0.1, 0.15) is 6.92 Å². The molecule has 9 heteroatoms. The second kappa shape index (κ2) is 7.07. The zero-order valence-electron chi connectivity index (χ0n) is 9.54. The fraction of sp³-hybridized carbons (Fsp3) is 0.625. The highest BCUT2D eigenvalue weighted by Gasteiger charge is 2.35. The van der Waals surface area contributed by atoms with Gasteiger partial charge in [0.25, 0.3) is 0 Å². The van der Waals surface area contributed by atoms with Crippen molar-refractivity contribution in [3.05, 3.63) is 10.4 Å². The Morgan fingerprint density at radius 3 is 2.12 bits per heavy atom. The molecule has 0 bridgehead atoms. The SMILES string of the molecule is COC(=O)[C@@H](NC(C)=O)[C@@H](N=[N+]=[N-])C(=O)OC. The Morgan fingerprint density at radius 1 is 1.24 bits per heavy atom. The molecule has 0 aromatic rings. The first-order chi connectivity index (χ1) is 7.97. The number of azide groups is 1. The summed E-state index contributed by atoms with van der Waals surface area (Å²) in [5, 5.41) is 5.26. The fourth-order valence-corrected chi connectivity index (χ4v) is 1.04. The molecule has 0 radical (unpaired) electrons. The first-order valence-electron chi connectivity index (χ1n) is 4.44. The van der Waals surface area contributed by atoms with Crippen molar-refractivity contribution in [1.29, 1.82) is 0 Å². The average molecular weight is 244 g/mol. The van der Waals surface area contributed by atoms with Crippen LogP contribution in [-0.4, -0.2) is 44.1 Å². The van der Waals surface area contributed by atoms with Crippen LogP contribution < -0.4 is 5.32 Å². The van der Waals surface area contributed by atoms with E-state index in [2.05, 4.69) is 24.8 Å². The van der Waals surface area contributed by atoms with Crippen molar-refractivity contribution in [3.8, 4) is 0 Å². The number of methoxy groups -OCH3 is 2. The van der Waals surface area contributed by atoms with Crippen LogP contribution in [0.5, 0.6) is 0 Å². The zero-order valence-corrected chi connectivity index (χ0v) is 9.54. The highest BCUT2D eigenvalue weighted by atomic mass is 16.5. The van der Waals surface area contributed by atoms with E-state index in [1.807, 2.05) is 0 Å². The van der Waals surface area contributed by atoms with Crippen LogP contribution in [0.25, 0.3) is 10.4 Å². The highest BCUT2D eigenvalue weighted by Crippen LogP contribution is 2.05. The molecule has 0 aliphatic heterocycles. The number of rotatable bonds is 5. The summed E-state index contributed by atoms with van der Waals surface area (Å²) in [6.45, 7) is 1.14. The van der Waals surface area contributed by atoms with Gasteiger partial charge in [-0.15, -0.1) is 0 Å². The van der Waals surface area contributed by atoms with E-state index >= 15 is 0 Å². The van der Waals surface area contributed by atoms with Gasteiger partial charge in [0.05, 0.1) is 14.2 Å². The number of carbonyl (C=O) groups is 3. The predicted octanol–water partition coefficient (Wildman–Crippen LogP) is -0.484. The van der Waals surface area contributed by atoms with Crippen molar-refractivity contribution < 1.29 is 23.9 Å². The van der Waals surface area contributed by atoms with Crippen LogP contribution in [0.15, 0.2) is 5.11 Å². The fourth-order valence-electron chi connectivity index (χ4n) is 1.04. The lowest BCUT2D eigenvalue weighted by atomic mass is 10.1. The molecular weight excluding hydrogens is 232 g/mol. The van der Waals surface area contributed by atoms with Gasteiger partial charge in [0.1, 0.15) is 6.04 Å². The molecule has 1 N–H and O–H groups in total. The van der Waals surface area contributed by atoms with E-state index in [1.165, 1.54) is 0 Å². The molecule has 1 amide bonds. The lowest BCUT2D eigenvalue weighted by Crippen LogP contribution is -2.51. The summed E-state index contributed by atoms with van der Waals surface area (Å²) in [5.74, 6) is -2.45. The molecule has 9 nitrogen and oxygen atoms in total. The molecule has 0 saturated carbocycles. The molecule has 0 aliphatic rings. The number of hydrogen-bond donors (Lipinski definition) is 1. The first kappa shape index (κ1) is 14.7. The van der Waals surface area contributed by atoms with Gasteiger partial charge in [-0.05, 0) is 5.53 Å². The van der Waals surface area contributed by atoms with Gasteiger partial charge in [-0.3, -0.25) is 9.59 Å². The quantitative estimate of drug-likeness (QED) is 0.302. The molecular formula is C8H12N4O5. The molecule has 0 aromatic heterocycles. The first-order valence-corrected chi connectivity index (χ1v) is 4.44. The minimum Gasteiger partial charge on any atom is -0.469 e. The third kappa shape index (κ3) is 4.39. The van der Waals surface area contributed by atoms with Crippen molar-refractivity contribution in [2.24, 2.45) is 5.11 Å². The number of esters is 2.